The van der Waals surface area contributed by atoms with E-state index in [4.69, 9.17) is 0 Å². The van der Waals surface area contributed by atoms with Crippen molar-refractivity contribution in [3.63, 3.8) is 0 Å². The van der Waals surface area contributed by atoms with Gasteiger partial charge < -0.3 is 20.6 Å². The maximum Gasteiger partial charge on any atom is 0.220 e. The maximum absolute atomic E-state index is 12.3. The highest BCUT2D eigenvalue weighted by Gasteiger charge is 2.26. The van der Waals surface area contributed by atoms with Crippen LogP contribution in [0.5, 0.6) is 0 Å². The van der Waals surface area contributed by atoms with Gasteiger partial charge in [-0.25, -0.2) is 0 Å². The normalized spacial score (nSPS) is 14.5. The number of hydrogen-bond donors (Lipinski definition) is 4. The van der Waals surface area contributed by atoms with Crippen LogP contribution in [-0.4, -0.2) is 46.1 Å². The first-order valence-corrected chi connectivity index (χ1v) is 16.3. The molecule has 0 heterocycles. The van der Waals surface area contributed by atoms with E-state index in [9.17, 15) is 20.1 Å². The van der Waals surface area contributed by atoms with Crippen LogP contribution in [0.25, 0.3) is 0 Å². The number of nitrogens with one attached hydrogen (secondary N) is 1. The van der Waals surface area contributed by atoms with Gasteiger partial charge in [-0.2, -0.15) is 0 Å². The Bertz CT molecular complexity index is 616. The van der Waals surface area contributed by atoms with Gasteiger partial charge in [-0.3, -0.25) is 4.79 Å². The number of unbranched alkanes of at least 4 members (excludes halogenated alkanes) is 14. The first kappa shape index (κ1) is 37.6. The van der Waals surface area contributed by atoms with E-state index in [1.54, 1.807) is 0 Å². The van der Waals surface area contributed by atoms with Crippen molar-refractivity contribution in [2.24, 2.45) is 0 Å². The molecular formula is C34H63NO4. The van der Waals surface area contributed by atoms with E-state index in [0.29, 0.717) is 12.8 Å². The molecule has 5 heteroatoms. The third-order valence-corrected chi connectivity index (χ3v) is 7.19. The number of allylic oxidation sites excluding steroid dienone is 6. The Balaban J connectivity index is 3.86. The van der Waals surface area contributed by atoms with Crippen molar-refractivity contribution < 1.29 is 20.1 Å². The Kier molecular flexibility index (Phi) is 28.5. The van der Waals surface area contributed by atoms with Gasteiger partial charge in [-0.1, -0.05) is 102 Å². The molecule has 0 bridgehead atoms. The fourth-order valence-corrected chi connectivity index (χ4v) is 4.58. The second kappa shape index (κ2) is 29.6. The molecule has 0 radical (unpaired) electrons. The van der Waals surface area contributed by atoms with Gasteiger partial charge in [-0.15, -0.1) is 0 Å². The minimum Gasteiger partial charge on any atom is -0.394 e. The quantitative estimate of drug-likeness (QED) is 0.0586. The predicted molar refractivity (Wildman–Crippen MR) is 167 cm³/mol. The largest absolute Gasteiger partial charge is 0.394 e. The summed E-state index contributed by atoms with van der Waals surface area (Å²) in [6, 6.07) is -0.836. The topological polar surface area (TPSA) is 89.8 Å². The van der Waals surface area contributed by atoms with E-state index in [2.05, 4.69) is 55.6 Å². The highest BCUT2D eigenvalue weighted by atomic mass is 16.3. The monoisotopic (exact) mass is 549 g/mol. The summed E-state index contributed by atoms with van der Waals surface area (Å²) in [7, 11) is 0. The van der Waals surface area contributed by atoms with Crippen LogP contribution in [0.3, 0.4) is 0 Å². The standard InChI is InChI=1S/C34H63NO4/c1-3-5-7-9-11-13-15-17-19-21-23-25-27-29-33(38)35-31(30-36)34(39)32(37)28-26-24-22-20-18-16-14-12-10-8-6-4-2/h12,14,17,19-20,22,31-32,34,36-37,39H,3-11,13,15-16,18,21,23-30H2,1-2H3,(H,35,38)/b14-12+,19-17-,22-20+. The molecule has 0 aromatic rings. The van der Waals surface area contributed by atoms with Crippen LogP contribution in [0, 0.1) is 0 Å². The van der Waals surface area contributed by atoms with E-state index in [1.165, 1.54) is 70.6 Å². The molecule has 39 heavy (non-hydrogen) atoms. The van der Waals surface area contributed by atoms with Crippen LogP contribution < -0.4 is 5.32 Å². The van der Waals surface area contributed by atoms with Gasteiger partial charge in [0.15, 0.2) is 0 Å². The second-order valence-corrected chi connectivity index (χ2v) is 11.0. The lowest BCUT2D eigenvalue weighted by Crippen LogP contribution is -2.50. The summed E-state index contributed by atoms with van der Waals surface area (Å²) < 4.78 is 0. The third kappa shape index (κ3) is 25.3. The molecule has 228 valence electrons. The first-order valence-electron chi connectivity index (χ1n) is 16.3. The SMILES string of the molecule is CCCCC/C=C/CC/C=C/CCCC(O)C(O)C(CO)NC(=O)CCCCC/C=C\CCCCCCCC. The number of amides is 1. The summed E-state index contributed by atoms with van der Waals surface area (Å²) in [5, 5.41) is 33.1. The molecule has 0 aliphatic carbocycles. The van der Waals surface area contributed by atoms with Crippen molar-refractivity contribution in [2.75, 3.05) is 6.61 Å². The molecule has 3 unspecified atom stereocenters. The van der Waals surface area contributed by atoms with Crippen LogP contribution in [0.4, 0.5) is 0 Å². The molecule has 0 rings (SSSR count). The highest BCUT2D eigenvalue weighted by molar-refractivity contribution is 5.76. The molecule has 0 spiro atoms. The van der Waals surface area contributed by atoms with Crippen molar-refractivity contribution in [2.45, 2.75) is 167 Å². The van der Waals surface area contributed by atoms with Crippen molar-refractivity contribution in [3.05, 3.63) is 36.5 Å². The Morgan fingerprint density at radius 3 is 1.62 bits per heavy atom. The van der Waals surface area contributed by atoms with Crippen molar-refractivity contribution in [1.82, 2.24) is 5.32 Å². The number of aliphatic hydroxyl groups excluding tert-OH is 3. The van der Waals surface area contributed by atoms with Crippen LogP contribution in [0.1, 0.15) is 149 Å². The fraction of sp³-hybridized carbons (Fsp3) is 0.794. The highest BCUT2D eigenvalue weighted by Crippen LogP contribution is 2.11. The average Bonchev–Trinajstić information content (AvgIpc) is 2.94. The predicted octanol–water partition coefficient (Wildman–Crippen LogP) is 8.09. The first-order chi connectivity index (χ1) is 19.1. The van der Waals surface area contributed by atoms with E-state index in [-0.39, 0.29) is 12.5 Å². The number of carbonyl (C=O) groups is 1. The molecule has 0 fully saturated rings. The summed E-state index contributed by atoms with van der Waals surface area (Å²) in [4.78, 5) is 12.3. The fourth-order valence-electron chi connectivity index (χ4n) is 4.58. The lowest BCUT2D eigenvalue weighted by molar-refractivity contribution is -0.124. The number of rotatable bonds is 28. The van der Waals surface area contributed by atoms with Gasteiger partial charge >= 0.3 is 0 Å². The minimum atomic E-state index is -1.17. The summed E-state index contributed by atoms with van der Waals surface area (Å²) in [6.07, 6.45) is 33.7. The van der Waals surface area contributed by atoms with Crippen LogP contribution in [0.2, 0.25) is 0 Å². The van der Waals surface area contributed by atoms with E-state index in [1.807, 2.05) is 0 Å². The molecule has 1 amide bonds. The lowest BCUT2D eigenvalue weighted by Gasteiger charge is -2.26. The molecule has 0 saturated carbocycles. The third-order valence-electron chi connectivity index (χ3n) is 7.19. The van der Waals surface area contributed by atoms with Gasteiger partial charge in [0, 0.05) is 6.42 Å². The number of carbonyl (C=O) groups excluding carboxylic acids is 1. The molecule has 5 nitrogen and oxygen atoms in total. The second-order valence-electron chi connectivity index (χ2n) is 11.0. The Morgan fingerprint density at radius 1 is 0.615 bits per heavy atom. The Labute approximate surface area is 241 Å². The van der Waals surface area contributed by atoms with Gasteiger partial charge in [0.2, 0.25) is 5.91 Å². The molecule has 0 saturated heterocycles. The van der Waals surface area contributed by atoms with Gasteiger partial charge in [-0.05, 0) is 77.0 Å². The molecule has 0 aromatic heterocycles. The van der Waals surface area contributed by atoms with Crippen molar-refractivity contribution in [3.8, 4) is 0 Å². The molecular weight excluding hydrogens is 486 g/mol. The van der Waals surface area contributed by atoms with E-state index in [0.717, 1.165) is 51.4 Å². The van der Waals surface area contributed by atoms with Crippen molar-refractivity contribution in [1.29, 1.82) is 0 Å². The minimum absolute atomic E-state index is 0.179. The van der Waals surface area contributed by atoms with Crippen molar-refractivity contribution >= 4 is 5.91 Å². The molecule has 0 aromatic carbocycles. The Morgan fingerprint density at radius 2 is 1.05 bits per heavy atom. The molecule has 3 atom stereocenters. The summed E-state index contributed by atoms with van der Waals surface area (Å²) in [5.41, 5.74) is 0. The van der Waals surface area contributed by atoms with E-state index < -0.39 is 18.2 Å². The zero-order valence-corrected chi connectivity index (χ0v) is 25.5. The zero-order chi connectivity index (χ0) is 28.8. The zero-order valence-electron chi connectivity index (χ0n) is 25.5. The average molecular weight is 550 g/mol. The summed E-state index contributed by atoms with van der Waals surface area (Å²) in [6.45, 7) is 4.08. The molecule has 4 N–H and O–H groups in total. The smallest absolute Gasteiger partial charge is 0.220 e. The van der Waals surface area contributed by atoms with Crippen LogP contribution in [0.15, 0.2) is 36.5 Å². The lowest BCUT2D eigenvalue weighted by atomic mass is 10.0. The number of hydrogen-bond acceptors (Lipinski definition) is 4. The Hall–Kier alpha value is -1.43. The molecule has 0 aliphatic heterocycles. The number of aliphatic hydroxyl groups is 3. The summed E-state index contributed by atoms with van der Waals surface area (Å²) in [5.74, 6) is -0.179. The maximum atomic E-state index is 12.3. The van der Waals surface area contributed by atoms with Crippen LogP contribution >= 0.6 is 0 Å². The van der Waals surface area contributed by atoms with Gasteiger partial charge in [0.25, 0.3) is 0 Å². The summed E-state index contributed by atoms with van der Waals surface area (Å²) >= 11 is 0. The molecule has 0 aliphatic rings. The van der Waals surface area contributed by atoms with E-state index >= 15 is 0 Å². The van der Waals surface area contributed by atoms with Gasteiger partial charge in [0.05, 0.1) is 18.8 Å². The van der Waals surface area contributed by atoms with Crippen LogP contribution in [-0.2, 0) is 4.79 Å². The van der Waals surface area contributed by atoms with Gasteiger partial charge in [0.1, 0.15) is 6.10 Å².